The molecule has 0 saturated carbocycles. The number of rotatable bonds is 2. The van der Waals surface area contributed by atoms with Crippen molar-refractivity contribution in [3.8, 4) is 0 Å². The third-order valence-electron chi connectivity index (χ3n) is 2.04. The maximum Gasteiger partial charge on any atom is 0.411 e. The van der Waals surface area contributed by atoms with E-state index in [0.717, 1.165) is 0 Å². The van der Waals surface area contributed by atoms with Gasteiger partial charge >= 0.3 is 12.1 Å². The molecule has 0 radical (unpaired) electrons. The Morgan fingerprint density at radius 1 is 1.11 bits per heavy atom. The van der Waals surface area contributed by atoms with Crippen LogP contribution in [-0.4, -0.2) is 24.8 Å². The van der Waals surface area contributed by atoms with E-state index in [4.69, 9.17) is 0 Å². The fourth-order valence-electron chi connectivity index (χ4n) is 1.35. The molecule has 0 aromatic heterocycles. The maximum absolute atomic E-state index is 11.7. The van der Waals surface area contributed by atoms with Gasteiger partial charge in [0.05, 0.1) is 7.11 Å². The minimum absolute atomic E-state index is 0.303. The Balaban J connectivity index is 2.67. The van der Waals surface area contributed by atoms with E-state index >= 15 is 0 Å². The van der Waals surface area contributed by atoms with Crippen LogP contribution < -0.4 is 16.0 Å². The van der Waals surface area contributed by atoms with Gasteiger partial charge in [0.2, 0.25) is 0 Å². The number of urea groups is 1. The van der Waals surface area contributed by atoms with Crippen LogP contribution in [0.4, 0.5) is 21.0 Å². The molecule has 0 fully saturated rings. The van der Waals surface area contributed by atoms with Gasteiger partial charge in [0.1, 0.15) is 0 Å². The molecule has 0 unspecified atom stereocenters. The molecule has 0 spiro atoms. The number of carbonyl (C=O) groups is 2. The third kappa shape index (κ3) is 5.76. The largest absolute Gasteiger partial charge is 0.453 e. The monoisotopic (exact) mass is 265 g/mol. The molecule has 104 valence electrons. The van der Waals surface area contributed by atoms with Gasteiger partial charge in [0.25, 0.3) is 0 Å². The molecule has 0 aliphatic carbocycles. The van der Waals surface area contributed by atoms with E-state index in [2.05, 4.69) is 20.7 Å². The van der Waals surface area contributed by atoms with Crippen molar-refractivity contribution in [3.05, 3.63) is 24.3 Å². The molecule has 0 bridgehead atoms. The molecule has 0 aliphatic rings. The number of benzene rings is 1. The van der Waals surface area contributed by atoms with Gasteiger partial charge in [-0.1, -0.05) is 6.07 Å². The Kier molecular flexibility index (Phi) is 4.74. The van der Waals surface area contributed by atoms with Crippen molar-refractivity contribution in [2.75, 3.05) is 17.7 Å². The molecule has 6 heteroatoms. The molecular weight excluding hydrogens is 246 g/mol. The molecule has 0 saturated heterocycles. The van der Waals surface area contributed by atoms with Gasteiger partial charge in [0.15, 0.2) is 0 Å². The van der Waals surface area contributed by atoms with Gasteiger partial charge in [-0.15, -0.1) is 0 Å². The summed E-state index contributed by atoms with van der Waals surface area (Å²) in [5, 5.41) is 7.99. The lowest BCUT2D eigenvalue weighted by molar-refractivity contribution is 0.187. The van der Waals surface area contributed by atoms with Gasteiger partial charge < -0.3 is 15.4 Å². The van der Waals surface area contributed by atoms with Gasteiger partial charge in [-0.3, -0.25) is 5.32 Å². The van der Waals surface area contributed by atoms with E-state index in [1.807, 2.05) is 20.8 Å². The smallest absolute Gasteiger partial charge is 0.411 e. The van der Waals surface area contributed by atoms with Gasteiger partial charge in [-0.2, -0.15) is 0 Å². The van der Waals surface area contributed by atoms with Crippen LogP contribution in [0.2, 0.25) is 0 Å². The second kappa shape index (κ2) is 6.08. The highest BCUT2D eigenvalue weighted by Crippen LogP contribution is 2.15. The fourth-order valence-corrected chi connectivity index (χ4v) is 1.35. The molecule has 3 N–H and O–H groups in total. The molecule has 6 nitrogen and oxygen atoms in total. The van der Waals surface area contributed by atoms with E-state index in [1.54, 1.807) is 24.3 Å². The summed E-state index contributed by atoms with van der Waals surface area (Å²) in [5.41, 5.74) is 0.808. The zero-order valence-electron chi connectivity index (χ0n) is 11.5. The lowest BCUT2D eigenvalue weighted by Gasteiger charge is -2.20. The van der Waals surface area contributed by atoms with Crippen LogP contribution in [-0.2, 0) is 4.74 Å². The predicted molar refractivity (Wildman–Crippen MR) is 74.4 cm³/mol. The van der Waals surface area contributed by atoms with Crippen molar-refractivity contribution < 1.29 is 14.3 Å². The van der Waals surface area contributed by atoms with Crippen LogP contribution in [0.15, 0.2) is 24.3 Å². The Hall–Kier alpha value is -2.24. The van der Waals surface area contributed by atoms with Crippen molar-refractivity contribution in [3.63, 3.8) is 0 Å². The molecule has 19 heavy (non-hydrogen) atoms. The van der Waals surface area contributed by atoms with Gasteiger partial charge in [0, 0.05) is 16.9 Å². The highest BCUT2D eigenvalue weighted by Gasteiger charge is 2.13. The fraction of sp³-hybridized carbons (Fsp3) is 0.385. The first-order chi connectivity index (χ1) is 8.80. The van der Waals surface area contributed by atoms with Crippen LogP contribution in [0.5, 0.6) is 0 Å². The third-order valence-corrected chi connectivity index (χ3v) is 2.04. The highest BCUT2D eigenvalue weighted by molar-refractivity contribution is 5.91. The molecule has 0 aliphatic heterocycles. The Bertz CT molecular complexity index is 466. The summed E-state index contributed by atoms with van der Waals surface area (Å²) in [6.07, 6.45) is -0.559. The van der Waals surface area contributed by atoms with Crippen LogP contribution in [0.3, 0.4) is 0 Å². The zero-order chi connectivity index (χ0) is 14.5. The molecule has 3 amide bonds. The summed E-state index contributed by atoms with van der Waals surface area (Å²) in [5.74, 6) is 0. The number of hydrogen-bond acceptors (Lipinski definition) is 3. The first-order valence-electron chi connectivity index (χ1n) is 5.84. The standard InChI is InChI=1S/C13H19N3O3/c1-13(2,3)16-11(17)14-9-6-5-7-10(8-9)15-12(18)19-4/h5-8H,1-4H3,(H,15,18)(H2,14,16,17). The Morgan fingerprint density at radius 2 is 1.68 bits per heavy atom. The normalized spacial score (nSPS) is 10.5. The first kappa shape index (κ1) is 14.8. The summed E-state index contributed by atoms with van der Waals surface area (Å²) in [6.45, 7) is 5.67. The van der Waals surface area contributed by atoms with Crippen molar-refractivity contribution in [2.24, 2.45) is 0 Å². The number of amides is 3. The second-order valence-corrected chi connectivity index (χ2v) is 5.03. The summed E-state index contributed by atoms with van der Waals surface area (Å²) in [4.78, 5) is 22.8. The number of carbonyl (C=O) groups excluding carboxylic acids is 2. The van der Waals surface area contributed by atoms with E-state index in [0.29, 0.717) is 11.4 Å². The van der Waals surface area contributed by atoms with Crippen LogP contribution in [0.25, 0.3) is 0 Å². The van der Waals surface area contributed by atoms with Crippen LogP contribution >= 0.6 is 0 Å². The summed E-state index contributed by atoms with van der Waals surface area (Å²) in [7, 11) is 1.29. The Labute approximate surface area is 112 Å². The number of ether oxygens (including phenoxy) is 1. The number of nitrogens with one attached hydrogen (secondary N) is 3. The molecule has 1 aromatic rings. The van der Waals surface area contributed by atoms with E-state index in [-0.39, 0.29) is 11.6 Å². The van der Waals surface area contributed by atoms with Gasteiger partial charge in [-0.05, 0) is 39.0 Å². The topological polar surface area (TPSA) is 79.5 Å². The number of methoxy groups -OCH3 is 1. The maximum atomic E-state index is 11.7. The zero-order valence-corrected chi connectivity index (χ0v) is 11.5. The number of anilines is 2. The highest BCUT2D eigenvalue weighted by atomic mass is 16.5. The van der Waals surface area contributed by atoms with Crippen molar-refractivity contribution in [1.82, 2.24) is 5.32 Å². The first-order valence-corrected chi connectivity index (χ1v) is 5.84. The molecule has 1 rings (SSSR count). The average molecular weight is 265 g/mol. The summed E-state index contributed by atoms with van der Waals surface area (Å²) in [6, 6.07) is 6.48. The lowest BCUT2D eigenvalue weighted by atomic mass is 10.1. The average Bonchev–Trinajstić information content (AvgIpc) is 2.26. The summed E-state index contributed by atoms with van der Waals surface area (Å²) >= 11 is 0. The molecule has 0 atom stereocenters. The SMILES string of the molecule is COC(=O)Nc1cccc(NC(=O)NC(C)(C)C)c1. The van der Waals surface area contributed by atoms with Crippen molar-refractivity contribution in [2.45, 2.75) is 26.3 Å². The van der Waals surface area contributed by atoms with Crippen molar-refractivity contribution in [1.29, 1.82) is 0 Å². The summed E-state index contributed by atoms with van der Waals surface area (Å²) < 4.78 is 4.49. The molecule has 1 aromatic carbocycles. The van der Waals surface area contributed by atoms with E-state index in [1.165, 1.54) is 7.11 Å². The van der Waals surface area contributed by atoms with E-state index in [9.17, 15) is 9.59 Å². The van der Waals surface area contributed by atoms with Gasteiger partial charge in [-0.25, -0.2) is 9.59 Å². The minimum Gasteiger partial charge on any atom is -0.453 e. The molecular formula is C13H19N3O3. The quantitative estimate of drug-likeness (QED) is 0.769. The second-order valence-electron chi connectivity index (χ2n) is 5.03. The van der Waals surface area contributed by atoms with Crippen molar-refractivity contribution >= 4 is 23.5 Å². The predicted octanol–water partition coefficient (Wildman–Crippen LogP) is 2.78. The van der Waals surface area contributed by atoms with E-state index < -0.39 is 6.09 Å². The minimum atomic E-state index is -0.559. The Morgan fingerprint density at radius 3 is 2.21 bits per heavy atom. The van der Waals surface area contributed by atoms with Crippen LogP contribution in [0, 0.1) is 0 Å². The van der Waals surface area contributed by atoms with Crippen LogP contribution in [0.1, 0.15) is 20.8 Å². The number of hydrogen-bond donors (Lipinski definition) is 3. The lowest BCUT2D eigenvalue weighted by Crippen LogP contribution is -2.43. The molecule has 0 heterocycles.